The van der Waals surface area contributed by atoms with Crippen LogP contribution in [0.2, 0.25) is 0 Å². The van der Waals surface area contributed by atoms with E-state index in [9.17, 15) is 9.59 Å². The third-order valence-corrected chi connectivity index (χ3v) is 7.00. The molecule has 2 aromatic rings. The highest BCUT2D eigenvalue weighted by atomic mass is 16.6. The Morgan fingerprint density at radius 2 is 1.75 bits per heavy atom. The second kappa shape index (κ2) is 14.1. The van der Waals surface area contributed by atoms with Crippen LogP contribution >= 0.6 is 0 Å². The summed E-state index contributed by atoms with van der Waals surface area (Å²) >= 11 is 0. The van der Waals surface area contributed by atoms with E-state index in [0.29, 0.717) is 45.0 Å². The number of likely N-dealkylation sites (N-methyl/N-ethyl adjacent to an activating group) is 1. The van der Waals surface area contributed by atoms with E-state index < -0.39 is 12.1 Å². The summed E-state index contributed by atoms with van der Waals surface area (Å²) in [6.07, 6.45) is 2.13. The SMILES string of the molecule is CCCC1=NN(C)C2C(=O)N(CCOc3ccc(C[C@@H](OCC)C(=O)OCC)cc3)C(Cc3ccccc3)=NC12. The maximum absolute atomic E-state index is 13.7. The number of esters is 1. The zero-order valence-electron chi connectivity index (χ0n) is 23.9. The third kappa shape index (κ3) is 7.07. The molecule has 1 amide bonds. The fourth-order valence-corrected chi connectivity index (χ4v) is 5.12. The van der Waals surface area contributed by atoms with Crippen LogP contribution in [0.4, 0.5) is 0 Å². The van der Waals surface area contributed by atoms with Gasteiger partial charge in [0.15, 0.2) is 12.1 Å². The topological polar surface area (TPSA) is 93.0 Å². The molecule has 2 aliphatic heterocycles. The minimum atomic E-state index is -0.636. The van der Waals surface area contributed by atoms with E-state index in [-0.39, 0.29) is 17.9 Å². The molecule has 0 saturated heterocycles. The maximum atomic E-state index is 13.7. The lowest BCUT2D eigenvalue weighted by atomic mass is 9.97. The molecule has 0 N–H and O–H groups in total. The first-order valence-electron chi connectivity index (χ1n) is 14.2. The highest BCUT2D eigenvalue weighted by molar-refractivity contribution is 6.09. The van der Waals surface area contributed by atoms with Gasteiger partial charge >= 0.3 is 5.97 Å². The van der Waals surface area contributed by atoms with Gasteiger partial charge in [0.1, 0.15) is 24.2 Å². The van der Waals surface area contributed by atoms with Crippen LogP contribution in [0.15, 0.2) is 64.7 Å². The van der Waals surface area contributed by atoms with Crippen LogP contribution in [0.3, 0.4) is 0 Å². The number of ether oxygens (including phenoxy) is 3. The molecule has 2 unspecified atom stereocenters. The van der Waals surface area contributed by atoms with Gasteiger partial charge in [0, 0.05) is 26.5 Å². The van der Waals surface area contributed by atoms with Crippen molar-refractivity contribution in [1.82, 2.24) is 9.91 Å². The molecule has 0 spiro atoms. The summed E-state index contributed by atoms with van der Waals surface area (Å²) < 4.78 is 16.7. The van der Waals surface area contributed by atoms with Gasteiger partial charge in [0.25, 0.3) is 5.91 Å². The molecule has 214 valence electrons. The average molecular weight is 549 g/mol. The number of fused-ring (bicyclic) bond motifs is 1. The third-order valence-electron chi connectivity index (χ3n) is 7.00. The molecule has 2 heterocycles. The Hall–Kier alpha value is -3.72. The van der Waals surface area contributed by atoms with Gasteiger partial charge in [-0.1, -0.05) is 55.8 Å². The van der Waals surface area contributed by atoms with Crippen molar-refractivity contribution in [2.24, 2.45) is 10.1 Å². The number of aliphatic imine (C=N–C) groups is 1. The van der Waals surface area contributed by atoms with E-state index >= 15 is 0 Å². The summed E-state index contributed by atoms with van der Waals surface area (Å²) in [5.74, 6) is 1.08. The van der Waals surface area contributed by atoms with Crippen LogP contribution in [0.5, 0.6) is 5.75 Å². The van der Waals surface area contributed by atoms with Gasteiger partial charge in [0.2, 0.25) is 0 Å². The Balaban J connectivity index is 1.42. The lowest BCUT2D eigenvalue weighted by Gasteiger charge is -2.35. The van der Waals surface area contributed by atoms with Gasteiger partial charge in [-0.15, -0.1) is 0 Å². The summed E-state index contributed by atoms with van der Waals surface area (Å²) in [7, 11) is 1.85. The predicted molar refractivity (Wildman–Crippen MR) is 155 cm³/mol. The minimum absolute atomic E-state index is 0.00293. The lowest BCUT2D eigenvalue weighted by Crippen LogP contribution is -2.57. The fraction of sp³-hybridized carbons (Fsp3) is 0.484. The molecular formula is C31H40N4O5. The minimum Gasteiger partial charge on any atom is -0.492 e. The summed E-state index contributed by atoms with van der Waals surface area (Å²) in [6, 6.07) is 17.0. The van der Waals surface area contributed by atoms with Crippen LogP contribution in [-0.4, -0.2) is 84.9 Å². The molecule has 0 radical (unpaired) electrons. The first kappa shape index (κ1) is 29.3. The summed E-state index contributed by atoms with van der Waals surface area (Å²) in [5.41, 5.74) is 3.02. The monoisotopic (exact) mass is 548 g/mol. The second-order valence-corrected chi connectivity index (χ2v) is 9.89. The van der Waals surface area contributed by atoms with E-state index in [0.717, 1.165) is 35.5 Å². The quantitative estimate of drug-likeness (QED) is 0.333. The van der Waals surface area contributed by atoms with Crippen molar-refractivity contribution in [1.29, 1.82) is 0 Å². The molecule has 9 heteroatoms. The van der Waals surface area contributed by atoms with E-state index in [1.165, 1.54) is 0 Å². The van der Waals surface area contributed by atoms with Crippen LogP contribution in [-0.2, 0) is 31.9 Å². The Bertz CT molecular complexity index is 1200. The number of nitrogens with zero attached hydrogens (tertiary/aromatic N) is 4. The van der Waals surface area contributed by atoms with Crippen LogP contribution in [0.1, 0.15) is 44.7 Å². The van der Waals surface area contributed by atoms with Crippen molar-refractivity contribution < 1.29 is 23.8 Å². The zero-order chi connectivity index (χ0) is 28.5. The van der Waals surface area contributed by atoms with Crippen molar-refractivity contribution in [3.63, 3.8) is 0 Å². The van der Waals surface area contributed by atoms with Gasteiger partial charge in [-0.3, -0.25) is 19.7 Å². The molecular weight excluding hydrogens is 508 g/mol. The summed E-state index contributed by atoms with van der Waals surface area (Å²) in [4.78, 5) is 32.7. The zero-order valence-corrected chi connectivity index (χ0v) is 23.9. The standard InChI is InChI=1S/C31H40N4O5/c1-5-11-25-28-29(34(4)33-25)30(36)35(27(32-28)21-22-12-9-8-10-13-22)18-19-40-24-16-14-23(15-17-24)20-26(38-6-2)31(37)39-7-3/h8-10,12-17,26,28-29H,5-7,11,18-21H2,1-4H3/t26-,28?,29?/m1/s1. The largest absolute Gasteiger partial charge is 0.492 e. The Labute approximate surface area is 236 Å². The van der Waals surface area contributed by atoms with Crippen molar-refractivity contribution in [2.45, 2.75) is 64.6 Å². The molecule has 3 atom stereocenters. The summed E-state index contributed by atoms with van der Waals surface area (Å²) in [6.45, 7) is 7.19. The number of hydrazone groups is 1. The van der Waals surface area contributed by atoms with Crippen molar-refractivity contribution in [3.8, 4) is 5.75 Å². The van der Waals surface area contributed by atoms with Gasteiger partial charge in [-0.05, 0) is 43.5 Å². The van der Waals surface area contributed by atoms with Gasteiger partial charge in [-0.25, -0.2) is 4.79 Å². The molecule has 2 aliphatic rings. The molecule has 4 rings (SSSR count). The van der Waals surface area contributed by atoms with E-state index in [1.54, 1.807) is 16.8 Å². The lowest BCUT2D eigenvalue weighted by molar-refractivity contribution is -0.156. The highest BCUT2D eigenvalue weighted by Crippen LogP contribution is 2.27. The number of amides is 1. The van der Waals surface area contributed by atoms with Crippen molar-refractivity contribution >= 4 is 23.4 Å². The average Bonchev–Trinajstić information content (AvgIpc) is 3.26. The molecule has 0 saturated carbocycles. The molecule has 0 fully saturated rings. The predicted octanol–water partition coefficient (Wildman–Crippen LogP) is 3.90. The highest BCUT2D eigenvalue weighted by Gasteiger charge is 2.46. The van der Waals surface area contributed by atoms with E-state index in [2.05, 4.69) is 24.2 Å². The van der Waals surface area contributed by atoms with E-state index in [4.69, 9.17) is 19.2 Å². The van der Waals surface area contributed by atoms with Crippen LogP contribution in [0, 0.1) is 0 Å². The number of hydrogen-bond acceptors (Lipinski definition) is 8. The molecule has 0 bridgehead atoms. The van der Waals surface area contributed by atoms with Crippen LogP contribution < -0.4 is 4.74 Å². The molecule has 2 aromatic carbocycles. The smallest absolute Gasteiger partial charge is 0.335 e. The normalized spacial score (nSPS) is 19.1. The van der Waals surface area contributed by atoms with E-state index in [1.807, 2.05) is 56.4 Å². The van der Waals surface area contributed by atoms with Gasteiger partial charge in [0.05, 0.1) is 18.9 Å². The maximum Gasteiger partial charge on any atom is 0.335 e. The Morgan fingerprint density at radius 3 is 2.42 bits per heavy atom. The molecule has 0 aromatic heterocycles. The van der Waals surface area contributed by atoms with Gasteiger partial charge < -0.3 is 14.2 Å². The van der Waals surface area contributed by atoms with Crippen molar-refractivity contribution in [2.75, 3.05) is 33.4 Å². The number of hydrogen-bond donors (Lipinski definition) is 0. The molecule has 0 aliphatic carbocycles. The number of carbonyl (C=O) groups is 2. The second-order valence-electron chi connectivity index (χ2n) is 9.89. The first-order valence-corrected chi connectivity index (χ1v) is 14.2. The molecule has 40 heavy (non-hydrogen) atoms. The number of amidine groups is 1. The van der Waals surface area contributed by atoms with Crippen LogP contribution in [0.25, 0.3) is 0 Å². The number of benzene rings is 2. The number of rotatable bonds is 14. The number of carbonyl (C=O) groups excluding carboxylic acids is 2. The fourth-order valence-electron chi connectivity index (χ4n) is 5.12. The Morgan fingerprint density at radius 1 is 1.00 bits per heavy atom. The van der Waals surface area contributed by atoms with Gasteiger partial charge in [-0.2, -0.15) is 5.10 Å². The summed E-state index contributed by atoms with van der Waals surface area (Å²) in [5, 5.41) is 6.43. The van der Waals surface area contributed by atoms with Crippen molar-refractivity contribution in [3.05, 3.63) is 65.7 Å². The molecule has 9 nitrogen and oxygen atoms in total. The Kier molecular flexibility index (Phi) is 10.3. The first-order chi connectivity index (χ1) is 19.4.